The smallest absolute Gasteiger partial charge is 0.310 e. The Morgan fingerprint density at radius 3 is 1.85 bits per heavy atom. The lowest BCUT2D eigenvalue weighted by Crippen LogP contribution is -2.69. The lowest BCUT2D eigenvalue weighted by molar-refractivity contribution is -0.352. The highest BCUT2D eigenvalue weighted by Crippen LogP contribution is 2.33. The van der Waals surface area contributed by atoms with Crippen molar-refractivity contribution < 1.29 is 128 Å². The van der Waals surface area contributed by atoms with E-state index in [1.54, 1.807) is 49.4 Å². The Bertz CT molecular complexity index is 3370. The normalized spacial score (nSPS) is 34.9. The van der Waals surface area contributed by atoms with Crippen LogP contribution in [0.1, 0.15) is 23.6 Å². The number of nitrogens with zero attached hydrogens (tertiary/aromatic N) is 2. The van der Waals surface area contributed by atoms with Crippen LogP contribution in [0, 0.1) is 17.7 Å². The van der Waals surface area contributed by atoms with Crippen molar-refractivity contribution in [2.24, 2.45) is 0 Å². The van der Waals surface area contributed by atoms with Crippen molar-refractivity contribution in [1.82, 2.24) is 47.4 Å². The van der Waals surface area contributed by atoms with E-state index in [1.807, 2.05) is 0 Å². The molecule has 0 aliphatic carbocycles. The Morgan fingerprint density at radius 1 is 0.590 bits per heavy atom. The van der Waals surface area contributed by atoms with E-state index in [0.717, 1.165) is 15.4 Å². The summed E-state index contributed by atoms with van der Waals surface area (Å²) >= 11 is 0. The first-order chi connectivity index (χ1) is 47.6. The number of amides is 6. The quantitative estimate of drug-likeness (QED) is 0.0496. The molecule has 38 heteroatoms. The molecule has 23 N–H and O–H groups in total. The van der Waals surface area contributed by atoms with E-state index in [4.69, 9.17) is 39.2 Å². The van der Waals surface area contributed by atoms with Crippen molar-refractivity contribution in [3.63, 3.8) is 0 Å². The summed E-state index contributed by atoms with van der Waals surface area (Å²) in [6, 6.07) is 7.10. The molecule has 0 bridgehead atoms. The second-order valence-electron chi connectivity index (χ2n) is 24.8. The molecule has 0 aromatic heterocycles. The van der Waals surface area contributed by atoms with Crippen LogP contribution in [0.15, 0.2) is 78.9 Å². The predicted octanol–water partition coefficient (Wildman–Crippen LogP) is -11.0. The van der Waals surface area contributed by atoms with Gasteiger partial charge in [-0.3, -0.25) is 49.3 Å². The third-order valence-corrected chi connectivity index (χ3v) is 17.9. The van der Waals surface area contributed by atoms with Crippen LogP contribution in [0.3, 0.4) is 0 Å². The molecule has 3 aromatic rings. The largest absolute Gasteiger partial charge is 0.463 e. The summed E-state index contributed by atoms with van der Waals surface area (Å²) in [5, 5.41) is 180. The number of rotatable bonds is 19. The van der Waals surface area contributed by atoms with Crippen molar-refractivity contribution in [1.29, 1.82) is 10.8 Å². The van der Waals surface area contributed by atoms with Gasteiger partial charge in [-0.05, 0) is 49.2 Å². The molecule has 6 aliphatic rings. The average Bonchev–Trinajstić information content (AvgIpc) is 1.20. The molecule has 6 amide bonds. The third kappa shape index (κ3) is 17.3. The van der Waals surface area contributed by atoms with Crippen LogP contribution >= 0.6 is 0 Å². The molecule has 24 unspecified atom stereocenters. The predicted molar refractivity (Wildman–Crippen MR) is 337 cm³/mol. The highest BCUT2D eigenvalue weighted by molar-refractivity contribution is 6.04. The number of benzene rings is 3. The molecule has 100 heavy (non-hydrogen) atoms. The van der Waals surface area contributed by atoms with Crippen molar-refractivity contribution in [3.05, 3.63) is 95.6 Å². The molecule has 9 rings (SSSR count). The van der Waals surface area contributed by atoms with E-state index >= 15 is 9.59 Å². The summed E-state index contributed by atoms with van der Waals surface area (Å²) in [5.41, 5.74) is 1.64. The van der Waals surface area contributed by atoms with E-state index < -0.39 is 240 Å². The zero-order valence-corrected chi connectivity index (χ0v) is 53.7. The molecule has 6 fully saturated rings. The molecular formula is C62H84N12O26. The molecule has 6 aliphatic heterocycles. The van der Waals surface area contributed by atoms with Crippen molar-refractivity contribution >= 4 is 59.0 Å². The molecule has 0 saturated carbocycles. The Hall–Kier alpha value is -8.39. The standard InChI is InChI=1S/C62H84N12O26/c1-25-8-12-29(13-9-25)73-26(2)53(90)68-31(16-28-10-14-30(15-11-28)96-59-51(89)48(86)52(36(23-77)98-59)100-60-50(88)47(85)45(83)37(99-60)24-95-39(79)17-27-6-4-3-5-7-27)55(92)71-40(42(80)32-18-66-61(63)70-32)57(94)72-41(56(93)69-33(21-75)54(91)65-20-38(73)78)43(81)34-19-67-62(64)74(34)58-49(87)46(84)44(82)35(22-76)97-58/h3-15,26,31-37,40-52,58-60,75-77,80-89H,16-24H2,1-2H3,(H2,64,67)(H,65,91)(H,68,90)(H,69,93)(H,71,92)(H,72,94)(H3,63,66,70). The fraction of sp³-hybridized carbons (Fsp3) is 0.565. The van der Waals surface area contributed by atoms with Crippen LogP contribution in [-0.4, -0.2) is 317 Å². The fourth-order valence-electron chi connectivity index (χ4n) is 12.2. The Labute approximate surface area is 569 Å². The maximum atomic E-state index is 15.1. The van der Waals surface area contributed by atoms with Gasteiger partial charge >= 0.3 is 5.97 Å². The van der Waals surface area contributed by atoms with Gasteiger partial charge in [0.2, 0.25) is 41.7 Å². The molecule has 38 nitrogen and oxygen atoms in total. The van der Waals surface area contributed by atoms with Crippen LogP contribution in [-0.2, 0) is 70.1 Å². The number of carbonyl (C=O) groups excluding carboxylic acids is 7. The number of guanidine groups is 2. The van der Waals surface area contributed by atoms with E-state index in [-0.39, 0.29) is 35.9 Å². The fourth-order valence-corrected chi connectivity index (χ4v) is 12.2. The maximum absolute atomic E-state index is 15.1. The number of carbonyl (C=O) groups is 7. The number of aliphatic hydroxyl groups is 13. The van der Waals surface area contributed by atoms with E-state index in [2.05, 4.69) is 42.5 Å². The van der Waals surface area contributed by atoms with Gasteiger partial charge in [-0.2, -0.15) is 0 Å². The number of nitrogens with one attached hydrogen (secondary N) is 10. The SMILES string of the molecule is Cc1ccc(N2C(=O)CNC(=O)C(CO)NC(=O)C(C(O)C3CNC(=N)N3C3OC(CO)C(O)C(O)C3O)NC(=O)C(C(O)C3CNC(=N)N3)NC(=O)C(Cc3ccc(OC4OC(CO)C(OC5OC(COC(=O)Cc6ccccc6)C(O)C(O)C5O)C(O)C4O)cc3)NC(=O)C2C)cc1. The molecular weight excluding hydrogens is 1330 g/mol. The van der Waals surface area contributed by atoms with E-state index in [9.17, 15) is 90.4 Å². The van der Waals surface area contributed by atoms with Crippen LogP contribution in [0.2, 0.25) is 0 Å². The molecule has 548 valence electrons. The minimum Gasteiger partial charge on any atom is -0.463 e. The molecule has 6 heterocycles. The maximum Gasteiger partial charge on any atom is 0.310 e. The summed E-state index contributed by atoms with van der Waals surface area (Å²) in [6.07, 6.45) is -32.6. The molecule has 3 aromatic carbocycles. The van der Waals surface area contributed by atoms with Gasteiger partial charge in [-0.25, -0.2) is 0 Å². The van der Waals surface area contributed by atoms with Gasteiger partial charge in [-0.15, -0.1) is 0 Å². The lowest BCUT2D eigenvalue weighted by atomic mass is 9.95. The summed E-state index contributed by atoms with van der Waals surface area (Å²) in [4.78, 5) is 102. The number of hydrogen-bond acceptors (Lipinski definition) is 28. The first-order valence-corrected chi connectivity index (χ1v) is 31.9. The summed E-state index contributed by atoms with van der Waals surface area (Å²) < 4.78 is 34.2. The minimum atomic E-state index is -2.37. The van der Waals surface area contributed by atoms with Gasteiger partial charge in [0.15, 0.2) is 24.4 Å². The van der Waals surface area contributed by atoms with Crippen LogP contribution in [0.4, 0.5) is 5.69 Å². The van der Waals surface area contributed by atoms with Gasteiger partial charge in [-0.1, -0.05) is 60.2 Å². The highest BCUT2D eigenvalue weighted by atomic mass is 16.7. The molecule has 6 saturated heterocycles. The second-order valence-corrected chi connectivity index (χ2v) is 24.8. The zero-order valence-electron chi connectivity index (χ0n) is 53.7. The van der Waals surface area contributed by atoms with Gasteiger partial charge in [0.1, 0.15) is 128 Å². The lowest BCUT2D eigenvalue weighted by Gasteiger charge is -2.46. The van der Waals surface area contributed by atoms with E-state index in [1.165, 1.54) is 43.3 Å². The third-order valence-electron chi connectivity index (χ3n) is 17.9. The van der Waals surface area contributed by atoms with E-state index in [0.29, 0.717) is 5.56 Å². The van der Waals surface area contributed by atoms with Crippen molar-refractivity contribution in [2.45, 2.75) is 173 Å². The Kier molecular flexibility index (Phi) is 25.3. The van der Waals surface area contributed by atoms with Crippen molar-refractivity contribution in [2.75, 3.05) is 51.0 Å². The number of esters is 1. The van der Waals surface area contributed by atoms with Crippen LogP contribution in [0.5, 0.6) is 5.75 Å². The second kappa shape index (κ2) is 33.4. The van der Waals surface area contributed by atoms with Gasteiger partial charge in [0.05, 0.1) is 44.9 Å². The minimum absolute atomic E-state index is 0.0919. The average molecular weight is 1410 g/mol. The molecule has 0 spiro atoms. The van der Waals surface area contributed by atoms with Gasteiger partial charge in [0.25, 0.3) is 0 Å². The number of anilines is 1. The first kappa shape index (κ1) is 75.8. The summed E-state index contributed by atoms with van der Waals surface area (Å²) in [6.45, 7) is -2.29. The van der Waals surface area contributed by atoms with Crippen LogP contribution in [0.25, 0.3) is 0 Å². The topological polar surface area (TPSA) is 588 Å². The first-order valence-electron chi connectivity index (χ1n) is 31.9. The molecule has 0 radical (unpaired) electrons. The van der Waals surface area contributed by atoms with Gasteiger partial charge in [0, 0.05) is 25.2 Å². The van der Waals surface area contributed by atoms with Crippen molar-refractivity contribution in [3.8, 4) is 5.75 Å². The summed E-state index contributed by atoms with van der Waals surface area (Å²) in [7, 11) is 0. The highest BCUT2D eigenvalue weighted by Gasteiger charge is 2.55. The monoisotopic (exact) mass is 1410 g/mol. The van der Waals surface area contributed by atoms with Gasteiger partial charge < -0.3 is 142 Å². The number of aryl methyl sites for hydroxylation is 1. The summed E-state index contributed by atoms with van der Waals surface area (Å²) in [5.74, 6) is -9.12. The Morgan fingerprint density at radius 2 is 1.20 bits per heavy atom. The number of ether oxygens (including phenoxy) is 6. The van der Waals surface area contributed by atoms with Crippen LogP contribution < -0.4 is 52.2 Å². The zero-order chi connectivity index (χ0) is 72.5. The number of hydrogen-bond donors (Lipinski definition) is 23. The number of aliphatic hydroxyl groups excluding tert-OH is 13. The Balaban J connectivity index is 0.981. The molecule has 24 atom stereocenters.